The molecule has 6 heteroatoms. The summed E-state index contributed by atoms with van der Waals surface area (Å²) in [5.74, 6) is 0. The van der Waals surface area contributed by atoms with Crippen molar-refractivity contribution in [3.63, 3.8) is 0 Å². The largest absolute Gasteiger partial charge is 4.00 e. The molecule has 0 aliphatic rings. The smallest absolute Gasteiger partial charge is 2.00 e. The van der Waals surface area contributed by atoms with Gasteiger partial charge in [0.15, 0.2) is 0 Å². The van der Waals surface area contributed by atoms with Crippen molar-refractivity contribution in [3.05, 3.63) is 0 Å². The molecule has 0 aromatic heterocycles. The van der Waals surface area contributed by atoms with E-state index in [-0.39, 0.29) is 71.7 Å². The second-order valence-electron chi connectivity index (χ2n) is 0. The molecule has 0 amide bonds. The van der Waals surface area contributed by atoms with Crippen LogP contribution in [0.2, 0.25) is 0 Å². The Labute approximate surface area is 71.5 Å². The predicted octanol–water partition coefficient (Wildman–Crippen LogP) is -6.73. The third-order valence-corrected chi connectivity index (χ3v) is 0. The molecule has 0 aromatic rings. The molecule has 24 valence electrons. The molecule has 0 atom stereocenters. The van der Waals surface area contributed by atoms with Gasteiger partial charge in [0, 0.05) is 0 Å². The first-order valence-corrected chi connectivity index (χ1v) is 0. The molecule has 0 aliphatic carbocycles. The third-order valence-electron chi connectivity index (χ3n) is 0. The van der Waals surface area contributed by atoms with Gasteiger partial charge in [0.25, 0.3) is 0 Å². The molecule has 0 unspecified atom stereocenters. The van der Waals surface area contributed by atoms with Crippen molar-refractivity contribution < 1.29 is 54.1 Å². The van der Waals surface area contributed by atoms with Gasteiger partial charge >= 0.3 is 55.3 Å². The Kier molecular flexibility index (Phi) is 1700. The molecule has 0 bridgehead atoms. The first-order chi connectivity index (χ1) is 0. The van der Waals surface area contributed by atoms with E-state index in [1.54, 1.807) is 0 Å². The normalized spacial score (nSPS) is 0. The maximum atomic E-state index is 0. The van der Waals surface area contributed by atoms with E-state index in [4.69, 9.17) is 0 Å². The molecule has 0 aromatic carbocycles. The van der Waals surface area contributed by atoms with Gasteiger partial charge in [0.2, 0.25) is 0 Å². The number of rotatable bonds is 0. The van der Waals surface area contributed by atoms with Gasteiger partial charge in [-0.25, -0.2) is 0 Å². The van der Waals surface area contributed by atoms with Gasteiger partial charge in [-0.3, -0.25) is 0 Å². The van der Waals surface area contributed by atoms with Crippen LogP contribution in [0.4, 0.5) is 0 Å². The summed E-state index contributed by atoms with van der Waals surface area (Å²) in [4.78, 5) is 0. The van der Waals surface area contributed by atoms with Crippen LogP contribution in [-0.4, -0.2) is 17.6 Å². The fourth-order valence-corrected chi connectivity index (χ4v) is 0. The SMILES string of the molecule is [Ge+4].[Li+].[Li+].[O-2].[O-2].[O-2]. The molecule has 0 aliphatic heterocycles. The summed E-state index contributed by atoms with van der Waals surface area (Å²) in [7, 11) is 0. The van der Waals surface area contributed by atoms with Gasteiger partial charge in [-0.15, -0.1) is 0 Å². The molecule has 0 saturated heterocycles. The fourth-order valence-electron chi connectivity index (χ4n) is 0. The zero-order valence-electron chi connectivity index (χ0n) is 3.72. The quantitative estimate of drug-likeness (QED) is 0.295. The van der Waals surface area contributed by atoms with Crippen molar-refractivity contribution in [2.24, 2.45) is 0 Å². The van der Waals surface area contributed by atoms with Gasteiger partial charge in [-0.05, 0) is 0 Å². The summed E-state index contributed by atoms with van der Waals surface area (Å²) in [6, 6.07) is 0. The van der Waals surface area contributed by atoms with Gasteiger partial charge in [0.1, 0.15) is 0 Å². The zero-order chi connectivity index (χ0) is 0. The van der Waals surface area contributed by atoms with Gasteiger partial charge in [0.05, 0.1) is 0 Å². The maximum absolute atomic E-state index is 0. The minimum atomic E-state index is 0. The Hall–Kier alpha value is 1.62. The van der Waals surface area contributed by atoms with E-state index in [9.17, 15) is 0 Å². The molecule has 0 rings (SSSR count). The van der Waals surface area contributed by atoms with Crippen LogP contribution in [0.1, 0.15) is 0 Å². The molecule has 0 radical (unpaired) electrons. The van der Waals surface area contributed by atoms with Crippen LogP contribution in [0, 0.1) is 0 Å². The predicted molar refractivity (Wildman–Crippen MR) is 7.81 cm³/mol. The van der Waals surface area contributed by atoms with Crippen molar-refractivity contribution in [1.82, 2.24) is 0 Å². The Balaban J connectivity index is 0. The zero-order valence-corrected chi connectivity index (χ0v) is 5.82. The summed E-state index contributed by atoms with van der Waals surface area (Å²) in [5, 5.41) is 0. The molecule has 0 saturated carbocycles. The van der Waals surface area contributed by atoms with E-state index in [2.05, 4.69) is 0 Å². The second-order valence-corrected chi connectivity index (χ2v) is 0. The first-order valence-electron chi connectivity index (χ1n) is 0. The summed E-state index contributed by atoms with van der Waals surface area (Å²) >= 11 is 0. The molecular formula is GeLi2O3. The van der Waals surface area contributed by atoms with Crippen LogP contribution in [0.5, 0.6) is 0 Å². The first kappa shape index (κ1) is 127. The molecule has 0 spiro atoms. The Morgan fingerprint density at radius 3 is 0.500 bits per heavy atom. The Bertz CT molecular complexity index is 8.75. The van der Waals surface area contributed by atoms with E-state index in [1.165, 1.54) is 0 Å². The van der Waals surface area contributed by atoms with E-state index in [1.807, 2.05) is 0 Å². The van der Waals surface area contributed by atoms with Crippen molar-refractivity contribution in [2.45, 2.75) is 0 Å². The average Bonchev–Trinajstić information content (AvgIpc) is 0. The minimum Gasteiger partial charge on any atom is -2.00 e. The Morgan fingerprint density at radius 2 is 0.500 bits per heavy atom. The molecule has 0 N–H and O–H groups in total. The fraction of sp³-hybridized carbons (Fsp3) is 0. The van der Waals surface area contributed by atoms with Gasteiger partial charge in [-0.2, -0.15) is 0 Å². The summed E-state index contributed by atoms with van der Waals surface area (Å²) < 4.78 is 0. The van der Waals surface area contributed by atoms with Crippen molar-refractivity contribution in [1.29, 1.82) is 0 Å². The van der Waals surface area contributed by atoms with Crippen LogP contribution in [-0.2, 0) is 16.4 Å². The van der Waals surface area contributed by atoms with E-state index < -0.39 is 0 Å². The summed E-state index contributed by atoms with van der Waals surface area (Å²) in [5.41, 5.74) is 0. The average molecular weight is 134 g/mol. The van der Waals surface area contributed by atoms with Crippen molar-refractivity contribution >= 4 is 17.6 Å². The van der Waals surface area contributed by atoms with Crippen LogP contribution < -0.4 is 37.7 Å². The minimum absolute atomic E-state index is 0. The third kappa shape index (κ3) is 45.8. The van der Waals surface area contributed by atoms with Gasteiger partial charge < -0.3 is 16.4 Å². The molecular weight excluding hydrogens is 134 g/mol. The topological polar surface area (TPSA) is 85.5 Å². The maximum Gasteiger partial charge on any atom is 4.00 e. The van der Waals surface area contributed by atoms with Crippen molar-refractivity contribution in [2.75, 3.05) is 0 Å². The summed E-state index contributed by atoms with van der Waals surface area (Å²) in [6.45, 7) is 0. The molecule has 0 fully saturated rings. The van der Waals surface area contributed by atoms with E-state index in [0.717, 1.165) is 0 Å². The van der Waals surface area contributed by atoms with E-state index >= 15 is 0 Å². The van der Waals surface area contributed by atoms with E-state index in [0.29, 0.717) is 0 Å². The monoisotopic (exact) mass is 136 g/mol. The Morgan fingerprint density at radius 1 is 0.500 bits per heavy atom. The molecule has 3 nitrogen and oxygen atoms in total. The molecule has 6 heavy (non-hydrogen) atoms. The van der Waals surface area contributed by atoms with Crippen molar-refractivity contribution in [3.8, 4) is 0 Å². The van der Waals surface area contributed by atoms with Gasteiger partial charge in [-0.1, -0.05) is 0 Å². The van der Waals surface area contributed by atoms with Crippen LogP contribution >= 0.6 is 0 Å². The standard InChI is InChI=1S/Ge.2Li.3O/q+4;2*+1;3*-2. The number of hydrogen-bond acceptors (Lipinski definition) is 0. The number of hydrogen-bond donors (Lipinski definition) is 0. The van der Waals surface area contributed by atoms with Crippen LogP contribution in [0.25, 0.3) is 0 Å². The summed E-state index contributed by atoms with van der Waals surface area (Å²) in [6.07, 6.45) is 0. The molecule has 0 heterocycles. The second kappa shape index (κ2) is 79.8. The van der Waals surface area contributed by atoms with Crippen LogP contribution in [0.15, 0.2) is 0 Å². The van der Waals surface area contributed by atoms with Crippen LogP contribution in [0.3, 0.4) is 0 Å².